The third-order valence-corrected chi connectivity index (χ3v) is 3.42. The van der Waals surface area contributed by atoms with E-state index in [4.69, 9.17) is 4.84 Å². The second-order valence-corrected chi connectivity index (χ2v) is 4.75. The Kier molecular flexibility index (Phi) is 4.98. The van der Waals surface area contributed by atoms with E-state index in [2.05, 4.69) is 29.6 Å². The molecule has 1 aliphatic rings. The summed E-state index contributed by atoms with van der Waals surface area (Å²) in [6.07, 6.45) is 3.95. The predicted octanol–water partition coefficient (Wildman–Crippen LogP) is 2.19. The van der Waals surface area contributed by atoms with E-state index in [1.54, 1.807) is 0 Å². The highest BCUT2D eigenvalue weighted by atomic mass is 16.6. The largest absolute Gasteiger partial charge is 0.302 e. The zero-order chi connectivity index (χ0) is 11.9. The van der Waals surface area contributed by atoms with E-state index in [0.29, 0.717) is 12.6 Å². The Morgan fingerprint density at radius 3 is 2.88 bits per heavy atom. The second kappa shape index (κ2) is 6.74. The molecule has 0 saturated carbocycles. The molecular formula is C14H22N2O. The lowest BCUT2D eigenvalue weighted by atomic mass is 10.0. The van der Waals surface area contributed by atoms with Gasteiger partial charge in [-0.1, -0.05) is 36.8 Å². The number of hydroxylamine groups is 1. The van der Waals surface area contributed by atoms with Gasteiger partial charge in [0.25, 0.3) is 0 Å². The number of likely N-dealkylation sites (tertiary alicyclic amines) is 1. The maximum absolute atomic E-state index is 5.49. The molecule has 0 radical (unpaired) electrons. The highest BCUT2D eigenvalue weighted by Gasteiger charge is 2.17. The number of hydrogen-bond donors (Lipinski definition) is 1. The van der Waals surface area contributed by atoms with Crippen molar-refractivity contribution < 1.29 is 4.84 Å². The summed E-state index contributed by atoms with van der Waals surface area (Å²) in [5, 5.41) is 0. The van der Waals surface area contributed by atoms with Crippen LogP contribution in [-0.2, 0) is 11.4 Å². The van der Waals surface area contributed by atoms with Gasteiger partial charge in [0.05, 0.1) is 6.61 Å². The van der Waals surface area contributed by atoms with Crippen LogP contribution < -0.4 is 5.48 Å². The lowest BCUT2D eigenvalue weighted by molar-refractivity contribution is 0.00921. The Hall–Kier alpha value is -0.900. The molecule has 1 atom stereocenters. The summed E-state index contributed by atoms with van der Waals surface area (Å²) in [5.74, 6) is 0. The topological polar surface area (TPSA) is 24.5 Å². The number of hydrogen-bond acceptors (Lipinski definition) is 3. The molecular weight excluding hydrogens is 212 g/mol. The Balaban J connectivity index is 1.63. The van der Waals surface area contributed by atoms with Gasteiger partial charge in [-0.15, -0.1) is 0 Å². The van der Waals surface area contributed by atoms with Crippen molar-refractivity contribution in [3.05, 3.63) is 35.9 Å². The molecule has 1 N–H and O–H groups in total. The van der Waals surface area contributed by atoms with Crippen molar-refractivity contribution in [1.82, 2.24) is 10.4 Å². The number of nitrogens with zero attached hydrogens (tertiary/aromatic N) is 1. The second-order valence-electron chi connectivity index (χ2n) is 4.75. The van der Waals surface area contributed by atoms with Gasteiger partial charge in [-0.05, 0) is 32.0 Å². The number of likely N-dealkylation sites (N-methyl/N-ethyl adjacent to an activating group) is 1. The Labute approximate surface area is 104 Å². The molecule has 0 aliphatic carbocycles. The number of piperidine rings is 1. The van der Waals surface area contributed by atoms with Gasteiger partial charge in [0.15, 0.2) is 0 Å². The fourth-order valence-corrected chi connectivity index (χ4v) is 2.27. The molecule has 1 heterocycles. The molecule has 0 bridgehead atoms. The van der Waals surface area contributed by atoms with Gasteiger partial charge in [0.2, 0.25) is 0 Å². The summed E-state index contributed by atoms with van der Waals surface area (Å²) >= 11 is 0. The van der Waals surface area contributed by atoms with Crippen molar-refractivity contribution in [1.29, 1.82) is 0 Å². The summed E-state index contributed by atoms with van der Waals surface area (Å²) in [4.78, 5) is 7.91. The minimum absolute atomic E-state index is 0.625. The van der Waals surface area contributed by atoms with Gasteiger partial charge in [0, 0.05) is 12.6 Å². The average molecular weight is 234 g/mol. The normalized spacial score (nSPS) is 21.6. The monoisotopic (exact) mass is 234 g/mol. The van der Waals surface area contributed by atoms with Gasteiger partial charge in [-0.2, -0.15) is 0 Å². The number of rotatable bonds is 5. The minimum atomic E-state index is 0.625. The SMILES string of the molecule is CN1CCCCC1CNOCc1ccccc1. The van der Waals surface area contributed by atoms with Crippen LogP contribution >= 0.6 is 0 Å². The van der Waals surface area contributed by atoms with Crippen molar-refractivity contribution >= 4 is 0 Å². The molecule has 3 heteroatoms. The number of benzene rings is 1. The van der Waals surface area contributed by atoms with Crippen molar-refractivity contribution in [3.63, 3.8) is 0 Å². The first-order valence-electron chi connectivity index (χ1n) is 6.45. The van der Waals surface area contributed by atoms with Crippen LogP contribution in [0.4, 0.5) is 0 Å². The zero-order valence-electron chi connectivity index (χ0n) is 10.6. The van der Waals surface area contributed by atoms with Crippen LogP contribution in [0.2, 0.25) is 0 Å². The Bertz CT molecular complexity index is 315. The number of nitrogens with one attached hydrogen (secondary N) is 1. The minimum Gasteiger partial charge on any atom is -0.302 e. The maximum Gasteiger partial charge on any atom is 0.0933 e. The highest BCUT2D eigenvalue weighted by Crippen LogP contribution is 2.13. The first-order chi connectivity index (χ1) is 8.36. The van der Waals surface area contributed by atoms with Gasteiger partial charge in [0.1, 0.15) is 0 Å². The lowest BCUT2D eigenvalue weighted by Gasteiger charge is -2.32. The van der Waals surface area contributed by atoms with Crippen LogP contribution in [-0.4, -0.2) is 31.1 Å². The molecule has 0 spiro atoms. The van der Waals surface area contributed by atoms with Crippen molar-refractivity contribution in [2.75, 3.05) is 20.1 Å². The zero-order valence-corrected chi connectivity index (χ0v) is 10.6. The molecule has 1 aromatic carbocycles. The molecule has 1 aromatic rings. The highest BCUT2D eigenvalue weighted by molar-refractivity contribution is 5.13. The lowest BCUT2D eigenvalue weighted by Crippen LogP contribution is -2.43. The maximum atomic E-state index is 5.49. The standard InChI is InChI=1S/C14H22N2O/c1-16-10-6-5-9-14(16)11-15-17-12-13-7-3-2-4-8-13/h2-4,7-8,14-15H,5-6,9-12H2,1H3. The van der Waals surface area contributed by atoms with E-state index in [-0.39, 0.29) is 0 Å². The van der Waals surface area contributed by atoms with Gasteiger partial charge < -0.3 is 4.90 Å². The Morgan fingerprint density at radius 2 is 2.12 bits per heavy atom. The van der Waals surface area contributed by atoms with Crippen LogP contribution in [0.5, 0.6) is 0 Å². The summed E-state index contributed by atoms with van der Waals surface area (Å²) < 4.78 is 0. The predicted molar refractivity (Wildman–Crippen MR) is 69.5 cm³/mol. The van der Waals surface area contributed by atoms with E-state index in [9.17, 15) is 0 Å². The van der Waals surface area contributed by atoms with E-state index in [1.807, 2.05) is 18.2 Å². The third kappa shape index (κ3) is 4.11. The molecule has 1 saturated heterocycles. The summed E-state index contributed by atoms with van der Waals surface area (Å²) in [6, 6.07) is 10.9. The van der Waals surface area contributed by atoms with Crippen LogP contribution in [0, 0.1) is 0 Å². The molecule has 1 aliphatic heterocycles. The molecule has 0 aromatic heterocycles. The van der Waals surface area contributed by atoms with Gasteiger partial charge >= 0.3 is 0 Å². The van der Waals surface area contributed by atoms with Crippen molar-refractivity contribution in [3.8, 4) is 0 Å². The van der Waals surface area contributed by atoms with Crippen molar-refractivity contribution in [2.24, 2.45) is 0 Å². The molecule has 1 fully saturated rings. The summed E-state index contributed by atoms with van der Waals surface area (Å²) in [5.41, 5.74) is 4.30. The van der Waals surface area contributed by atoms with E-state index < -0.39 is 0 Å². The molecule has 1 unspecified atom stereocenters. The third-order valence-electron chi connectivity index (χ3n) is 3.42. The summed E-state index contributed by atoms with van der Waals surface area (Å²) in [7, 11) is 2.20. The fourth-order valence-electron chi connectivity index (χ4n) is 2.27. The van der Waals surface area contributed by atoms with Crippen LogP contribution in [0.1, 0.15) is 24.8 Å². The van der Waals surface area contributed by atoms with E-state index in [0.717, 1.165) is 6.54 Å². The van der Waals surface area contributed by atoms with Crippen LogP contribution in [0.15, 0.2) is 30.3 Å². The van der Waals surface area contributed by atoms with Crippen LogP contribution in [0.25, 0.3) is 0 Å². The van der Waals surface area contributed by atoms with Gasteiger partial charge in [-0.25, -0.2) is 5.48 Å². The smallest absolute Gasteiger partial charge is 0.0933 e. The fraction of sp³-hybridized carbons (Fsp3) is 0.571. The molecule has 3 nitrogen and oxygen atoms in total. The average Bonchev–Trinajstić information content (AvgIpc) is 2.38. The van der Waals surface area contributed by atoms with E-state index in [1.165, 1.54) is 31.4 Å². The summed E-state index contributed by atoms with van der Waals surface area (Å²) in [6.45, 7) is 2.77. The van der Waals surface area contributed by atoms with E-state index >= 15 is 0 Å². The van der Waals surface area contributed by atoms with Crippen LogP contribution in [0.3, 0.4) is 0 Å². The molecule has 17 heavy (non-hydrogen) atoms. The molecule has 0 amide bonds. The molecule has 94 valence electrons. The quantitative estimate of drug-likeness (QED) is 0.624. The first kappa shape index (κ1) is 12.6. The Morgan fingerprint density at radius 1 is 1.29 bits per heavy atom. The van der Waals surface area contributed by atoms with Gasteiger partial charge in [-0.3, -0.25) is 4.84 Å². The van der Waals surface area contributed by atoms with Crippen molar-refractivity contribution in [2.45, 2.75) is 31.9 Å². The molecule has 2 rings (SSSR count). The first-order valence-corrected chi connectivity index (χ1v) is 6.45.